The zero-order valence-corrected chi connectivity index (χ0v) is 15.4. The number of anilines is 3. The number of halogens is 1. The van der Waals surface area contributed by atoms with Crippen molar-refractivity contribution in [2.75, 3.05) is 17.2 Å². The zero-order valence-electron chi connectivity index (χ0n) is 15.4. The van der Waals surface area contributed by atoms with Crippen LogP contribution in [-0.2, 0) is 0 Å². The Labute approximate surface area is 158 Å². The normalized spacial score (nSPS) is 12.0. The summed E-state index contributed by atoms with van der Waals surface area (Å²) in [5.74, 6) is 0.929. The van der Waals surface area contributed by atoms with E-state index < -0.39 is 0 Å². The molecule has 0 aliphatic heterocycles. The van der Waals surface area contributed by atoms with Crippen LogP contribution in [0.2, 0.25) is 0 Å². The minimum atomic E-state index is -0.293. The van der Waals surface area contributed by atoms with Gasteiger partial charge in [-0.05, 0) is 30.2 Å². The maximum absolute atomic E-state index is 13.1. The molecular formula is C21H23FN4O. The first-order valence-corrected chi connectivity index (χ1v) is 8.89. The highest BCUT2D eigenvalue weighted by Gasteiger charge is 2.15. The van der Waals surface area contributed by atoms with E-state index in [1.165, 1.54) is 12.1 Å². The molecule has 0 spiro atoms. The predicted octanol–water partition coefficient (Wildman–Crippen LogP) is 4.46. The maximum atomic E-state index is 13.1. The van der Waals surface area contributed by atoms with Crippen molar-refractivity contribution in [1.82, 2.24) is 9.97 Å². The smallest absolute Gasteiger partial charge is 0.225 e. The van der Waals surface area contributed by atoms with Crippen molar-refractivity contribution >= 4 is 17.5 Å². The van der Waals surface area contributed by atoms with Crippen LogP contribution < -0.4 is 10.6 Å². The van der Waals surface area contributed by atoms with Crippen LogP contribution in [-0.4, -0.2) is 27.7 Å². The van der Waals surface area contributed by atoms with Gasteiger partial charge in [-0.15, -0.1) is 0 Å². The monoisotopic (exact) mass is 366 g/mol. The minimum Gasteiger partial charge on any atom is -0.394 e. The molecule has 0 unspecified atom stereocenters. The van der Waals surface area contributed by atoms with E-state index in [1.54, 1.807) is 12.1 Å². The molecule has 140 valence electrons. The molecule has 3 aromatic rings. The van der Waals surface area contributed by atoms with Gasteiger partial charge in [-0.3, -0.25) is 0 Å². The fraction of sp³-hybridized carbons (Fsp3) is 0.238. The molecule has 0 saturated heterocycles. The molecule has 0 fully saturated rings. The molecule has 0 radical (unpaired) electrons. The molecule has 0 saturated carbocycles. The van der Waals surface area contributed by atoms with E-state index >= 15 is 0 Å². The van der Waals surface area contributed by atoms with Gasteiger partial charge in [-0.2, -0.15) is 4.98 Å². The van der Waals surface area contributed by atoms with Crippen molar-refractivity contribution in [2.45, 2.75) is 19.9 Å². The van der Waals surface area contributed by atoms with Gasteiger partial charge in [0.1, 0.15) is 11.6 Å². The molecular weight excluding hydrogens is 343 g/mol. The van der Waals surface area contributed by atoms with Gasteiger partial charge >= 0.3 is 0 Å². The fourth-order valence-corrected chi connectivity index (χ4v) is 2.60. The Kier molecular flexibility index (Phi) is 5.98. The first-order chi connectivity index (χ1) is 13.0. The number of hydrogen-bond acceptors (Lipinski definition) is 5. The molecule has 6 heteroatoms. The van der Waals surface area contributed by atoms with Crippen LogP contribution in [0.25, 0.3) is 11.3 Å². The van der Waals surface area contributed by atoms with Gasteiger partial charge in [0.2, 0.25) is 5.95 Å². The SMILES string of the molecule is CC(C)[C@@H](CO)Nc1nc(Nc2ccc(F)cc2)cc(-c2ccccc2)n1. The lowest BCUT2D eigenvalue weighted by molar-refractivity contribution is 0.248. The molecule has 2 aromatic carbocycles. The first-order valence-electron chi connectivity index (χ1n) is 8.89. The van der Waals surface area contributed by atoms with Crippen molar-refractivity contribution in [3.8, 4) is 11.3 Å². The second-order valence-electron chi connectivity index (χ2n) is 6.64. The molecule has 3 rings (SSSR count). The fourth-order valence-electron chi connectivity index (χ4n) is 2.60. The Balaban J connectivity index is 1.96. The highest BCUT2D eigenvalue weighted by atomic mass is 19.1. The number of nitrogens with zero attached hydrogens (tertiary/aromatic N) is 2. The van der Waals surface area contributed by atoms with Crippen LogP contribution in [0.3, 0.4) is 0 Å². The number of benzene rings is 2. The number of aliphatic hydroxyl groups excluding tert-OH is 1. The summed E-state index contributed by atoms with van der Waals surface area (Å²) in [6, 6.07) is 17.5. The highest BCUT2D eigenvalue weighted by molar-refractivity contribution is 5.67. The van der Waals surface area contributed by atoms with Crippen LogP contribution in [0, 0.1) is 11.7 Å². The summed E-state index contributed by atoms with van der Waals surface area (Å²) in [5, 5.41) is 16.0. The van der Waals surface area contributed by atoms with Gasteiger partial charge < -0.3 is 15.7 Å². The number of rotatable bonds is 7. The van der Waals surface area contributed by atoms with Crippen molar-refractivity contribution in [2.24, 2.45) is 5.92 Å². The predicted molar refractivity (Wildman–Crippen MR) is 106 cm³/mol. The Morgan fingerprint density at radius 3 is 2.33 bits per heavy atom. The highest BCUT2D eigenvalue weighted by Crippen LogP contribution is 2.24. The third-order valence-electron chi connectivity index (χ3n) is 4.23. The van der Waals surface area contributed by atoms with Crippen molar-refractivity contribution in [1.29, 1.82) is 0 Å². The van der Waals surface area contributed by atoms with Gasteiger partial charge in [0, 0.05) is 17.3 Å². The van der Waals surface area contributed by atoms with Gasteiger partial charge in [-0.1, -0.05) is 44.2 Å². The van der Waals surface area contributed by atoms with Crippen molar-refractivity contribution in [3.63, 3.8) is 0 Å². The van der Waals surface area contributed by atoms with Gasteiger partial charge in [-0.25, -0.2) is 9.37 Å². The number of aromatic nitrogens is 2. The molecule has 1 aromatic heterocycles. The van der Waals surface area contributed by atoms with E-state index in [9.17, 15) is 9.50 Å². The largest absolute Gasteiger partial charge is 0.394 e. The lowest BCUT2D eigenvalue weighted by Crippen LogP contribution is -2.30. The van der Waals surface area contributed by atoms with Crippen LogP contribution in [0.5, 0.6) is 0 Å². The van der Waals surface area contributed by atoms with Gasteiger partial charge in [0.15, 0.2) is 0 Å². The number of nitrogens with one attached hydrogen (secondary N) is 2. The standard InChI is InChI=1S/C21H23FN4O/c1-14(2)19(13-27)25-21-24-18(15-6-4-3-5-7-15)12-20(26-21)23-17-10-8-16(22)9-11-17/h3-12,14,19,27H,13H2,1-2H3,(H2,23,24,25,26)/t19-/m1/s1. The Bertz CT molecular complexity index is 869. The van der Waals surface area contributed by atoms with Crippen LogP contribution >= 0.6 is 0 Å². The topological polar surface area (TPSA) is 70.1 Å². The lowest BCUT2D eigenvalue weighted by Gasteiger charge is -2.20. The Hall–Kier alpha value is -2.99. The van der Waals surface area contributed by atoms with Gasteiger partial charge in [0.25, 0.3) is 0 Å². The number of aliphatic hydroxyl groups is 1. The minimum absolute atomic E-state index is 0.0166. The summed E-state index contributed by atoms with van der Waals surface area (Å²) in [6.45, 7) is 4.02. The first kappa shape index (κ1) is 18.8. The molecule has 0 aliphatic rings. The molecule has 0 amide bonds. The van der Waals surface area contributed by atoms with Crippen LogP contribution in [0.15, 0.2) is 60.7 Å². The van der Waals surface area contributed by atoms with Gasteiger partial charge in [0.05, 0.1) is 18.3 Å². The second kappa shape index (κ2) is 8.60. The molecule has 0 bridgehead atoms. The summed E-state index contributed by atoms with van der Waals surface area (Å²) in [7, 11) is 0. The second-order valence-corrected chi connectivity index (χ2v) is 6.64. The molecule has 27 heavy (non-hydrogen) atoms. The van der Waals surface area contributed by atoms with E-state index in [0.29, 0.717) is 11.8 Å². The summed E-state index contributed by atoms with van der Waals surface area (Å²) in [5.41, 5.74) is 2.43. The molecule has 5 nitrogen and oxygen atoms in total. The van der Waals surface area contributed by atoms with Crippen molar-refractivity contribution in [3.05, 3.63) is 66.5 Å². The molecule has 0 aliphatic carbocycles. The van der Waals surface area contributed by atoms with E-state index in [4.69, 9.17) is 0 Å². The van der Waals surface area contributed by atoms with E-state index in [1.807, 2.05) is 50.2 Å². The molecule has 1 atom stereocenters. The Morgan fingerprint density at radius 1 is 1.00 bits per heavy atom. The van der Waals surface area contributed by atoms with E-state index in [0.717, 1.165) is 16.9 Å². The average molecular weight is 366 g/mol. The summed E-state index contributed by atoms with van der Waals surface area (Å²) in [4.78, 5) is 9.10. The van der Waals surface area contributed by atoms with E-state index in [-0.39, 0.29) is 24.4 Å². The summed E-state index contributed by atoms with van der Waals surface area (Å²) < 4.78 is 13.1. The van der Waals surface area contributed by atoms with Crippen molar-refractivity contribution < 1.29 is 9.50 Å². The third kappa shape index (κ3) is 5.01. The maximum Gasteiger partial charge on any atom is 0.225 e. The van der Waals surface area contributed by atoms with E-state index in [2.05, 4.69) is 20.6 Å². The third-order valence-corrected chi connectivity index (χ3v) is 4.23. The average Bonchev–Trinajstić information content (AvgIpc) is 2.68. The zero-order chi connectivity index (χ0) is 19.2. The Morgan fingerprint density at radius 2 is 1.70 bits per heavy atom. The van der Waals surface area contributed by atoms with Crippen LogP contribution in [0.1, 0.15) is 13.8 Å². The molecule has 1 heterocycles. The number of hydrogen-bond donors (Lipinski definition) is 3. The quantitative estimate of drug-likeness (QED) is 0.576. The summed E-state index contributed by atoms with van der Waals surface area (Å²) >= 11 is 0. The molecule has 3 N–H and O–H groups in total. The van der Waals surface area contributed by atoms with Crippen LogP contribution in [0.4, 0.5) is 21.8 Å². The lowest BCUT2D eigenvalue weighted by atomic mass is 10.1. The summed E-state index contributed by atoms with van der Waals surface area (Å²) in [6.07, 6.45) is 0.